The van der Waals surface area contributed by atoms with Gasteiger partial charge in [-0.25, -0.2) is 4.98 Å². The summed E-state index contributed by atoms with van der Waals surface area (Å²) in [6.07, 6.45) is -1.35. The van der Waals surface area contributed by atoms with Gasteiger partial charge in [0.1, 0.15) is 11.3 Å². The first-order valence-corrected chi connectivity index (χ1v) is 10.00. The third-order valence-corrected chi connectivity index (χ3v) is 5.61. The number of anilines is 1. The van der Waals surface area contributed by atoms with Crippen molar-refractivity contribution >= 4 is 32.6 Å². The van der Waals surface area contributed by atoms with Crippen LogP contribution in [-0.4, -0.2) is 23.0 Å². The number of carbonyl (C=O) groups is 1. The van der Waals surface area contributed by atoms with Crippen molar-refractivity contribution < 1.29 is 22.7 Å². The van der Waals surface area contributed by atoms with Gasteiger partial charge in [-0.2, -0.15) is 13.2 Å². The van der Waals surface area contributed by atoms with E-state index in [1.807, 2.05) is 12.1 Å². The number of aromatic nitrogens is 2. The highest BCUT2D eigenvalue weighted by atomic mass is 32.1. The summed E-state index contributed by atoms with van der Waals surface area (Å²) in [5.41, 5.74) is 0.336. The fraction of sp³-hybridized carbons (Fsp3) is 0.136. The number of para-hydroxylation sites is 1. The summed E-state index contributed by atoms with van der Waals surface area (Å²) < 4.78 is 45.6. The number of alkyl halides is 3. The van der Waals surface area contributed by atoms with E-state index in [4.69, 9.17) is 4.74 Å². The zero-order valence-electron chi connectivity index (χ0n) is 16.3. The summed E-state index contributed by atoms with van der Waals surface area (Å²) >= 11 is 1.26. The van der Waals surface area contributed by atoms with Crippen LogP contribution in [0.3, 0.4) is 0 Å². The van der Waals surface area contributed by atoms with Crippen molar-refractivity contribution in [2.24, 2.45) is 0 Å². The Balaban J connectivity index is 1.79. The van der Waals surface area contributed by atoms with Crippen molar-refractivity contribution in [1.82, 2.24) is 9.97 Å². The highest BCUT2D eigenvalue weighted by molar-refractivity contribution is 7.22. The molecular weight excluding hydrogens is 427 g/mol. The van der Waals surface area contributed by atoms with Crippen LogP contribution in [0.2, 0.25) is 0 Å². The van der Waals surface area contributed by atoms with E-state index < -0.39 is 17.6 Å². The number of nitrogens with zero attached hydrogens (tertiary/aromatic N) is 3. The van der Waals surface area contributed by atoms with Gasteiger partial charge in [-0.3, -0.25) is 14.7 Å². The maximum absolute atomic E-state index is 13.3. The van der Waals surface area contributed by atoms with Crippen LogP contribution in [-0.2, 0) is 12.7 Å². The third kappa shape index (κ3) is 4.36. The third-order valence-electron chi connectivity index (χ3n) is 4.57. The normalized spacial score (nSPS) is 11.5. The van der Waals surface area contributed by atoms with Crippen LogP contribution in [0.5, 0.6) is 5.75 Å². The van der Waals surface area contributed by atoms with E-state index in [0.717, 1.165) is 16.8 Å². The summed E-state index contributed by atoms with van der Waals surface area (Å²) in [7, 11) is 1.52. The summed E-state index contributed by atoms with van der Waals surface area (Å²) in [4.78, 5) is 23.3. The van der Waals surface area contributed by atoms with E-state index in [1.54, 1.807) is 30.6 Å². The molecule has 2 heterocycles. The maximum Gasteiger partial charge on any atom is 0.416 e. The lowest BCUT2D eigenvalue weighted by Crippen LogP contribution is -2.30. The Hall–Kier alpha value is -3.46. The number of benzene rings is 2. The number of halogens is 3. The van der Waals surface area contributed by atoms with E-state index in [0.29, 0.717) is 22.0 Å². The second kappa shape index (κ2) is 8.35. The molecule has 0 aliphatic rings. The standard InChI is InChI=1S/C22H16F3N3O2S/c1-30-17-8-3-9-18-19(17)27-21(31-18)28(13-14-5-4-10-26-12-14)20(29)15-6-2-7-16(11-15)22(23,24)25/h2-12H,13H2,1H3. The molecule has 5 nitrogen and oxygen atoms in total. The van der Waals surface area contributed by atoms with Gasteiger partial charge in [0.15, 0.2) is 5.13 Å². The maximum atomic E-state index is 13.3. The van der Waals surface area contributed by atoms with Crippen molar-refractivity contribution in [2.75, 3.05) is 12.0 Å². The van der Waals surface area contributed by atoms with E-state index in [1.165, 1.54) is 35.5 Å². The molecule has 0 unspecified atom stereocenters. The Morgan fingerprint density at radius 1 is 1.13 bits per heavy atom. The van der Waals surface area contributed by atoms with Gasteiger partial charge in [0.2, 0.25) is 0 Å². The van der Waals surface area contributed by atoms with Crippen molar-refractivity contribution in [3.05, 3.63) is 83.7 Å². The minimum absolute atomic E-state index is 0.0788. The Bertz CT molecular complexity index is 1230. The number of methoxy groups -OCH3 is 1. The number of hydrogen-bond donors (Lipinski definition) is 0. The summed E-state index contributed by atoms with van der Waals surface area (Å²) in [6, 6.07) is 13.3. The second-order valence-electron chi connectivity index (χ2n) is 6.63. The predicted octanol–water partition coefficient (Wildman–Crippen LogP) is 5.57. The number of fused-ring (bicyclic) bond motifs is 1. The molecular formula is C22H16F3N3O2S. The highest BCUT2D eigenvalue weighted by Crippen LogP contribution is 2.36. The molecule has 0 saturated heterocycles. The van der Waals surface area contributed by atoms with Gasteiger partial charge in [0, 0.05) is 18.0 Å². The fourth-order valence-corrected chi connectivity index (χ4v) is 4.06. The SMILES string of the molecule is COc1cccc2sc(N(Cc3cccnc3)C(=O)c3cccc(C(F)(F)F)c3)nc12. The smallest absolute Gasteiger partial charge is 0.416 e. The number of hydrogen-bond acceptors (Lipinski definition) is 5. The van der Waals surface area contributed by atoms with E-state index >= 15 is 0 Å². The number of ether oxygens (including phenoxy) is 1. The molecule has 0 N–H and O–H groups in total. The predicted molar refractivity (Wildman–Crippen MR) is 112 cm³/mol. The van der Waals surface area contributed by atoms with E-state index in [9.17, 15) is 18.0 Å². The van der Waals surface area contributed by atoms with Crippen LogP contribution in [0.15, 0.2) is 67.0 Å². The second-order valence-corrected chi connectivity index (χ2v) is 7.64. The lowest BCUT2D eigenvalue weighted by atomic mass is 10.1. The van der Waals surface area contributed by atoms with Crippen molar-refractivity contribution in [3.63, 3.8) is 0 Å². The van der Waals surface area contributed by atoms with Gasteiger partial charge in [-0.1, -0.05) is 29.5 Å². The van der Waals surface area contributed by atoms with Gasteiger partial charge < -0.3 is 4.74 Å². The Kier molecular flexibility index (Phi) is 5.60. The molecule has 0 saturated carbocycles. The number of rotatable bonds is 5. The van der Waals surface area contributed by atoms with Crippen molar-refractivity contribution in [1.29, 1.82) is 0 Å². The van der Waals surface area contributed by atoms with Crippen LogP contribution < -0.4 is 9.64 Å². The minimum Gasteiger partial charge on any atom is -0.494 e. The zero-order valence-corrected chi connectivity index (χ0v) is 17.1. The van der Waals surface area contributed by atoms with Gasteiger partial charge in [-0.15, -0.1) is 0 Å². The molecule has 9 heteroatoms. The molecule has 0 fully saturated rings. The summed E-state index contributed by atoms with van der Waals surface area (Å²) in [5, 5.41) is 0.353. The molecule has 0 aliphatic heterocycles. The summed E-state index contributed by atoms with van der Waals surface area (Å²) in [6.45, 7) is 0.102. The van der Waals surface area contributed by atoms with Gasteiger partial charge in [-0.05, 0) is 42.0 Å². The summed E-state index contributed by atoms with van der Waals surface area (Å²) in [5.74, 6) is -0.0409. The molecule has 2 aromatic carbocycles. The first-order chi connectivity index (χ1) is 14.9. The van der Waals surface area contributed by atoms with Gasteiger partial charge in [0.05, 0.1) is 23.9 Å². The van der Waals surface area contributed by atoms with Gasteiger partial charge >= 0.3 is 6.18 Å². The minimum atomic E-state index is -4.55. The van der Waals surface area contributed by atoms with Gasteiger partial charge in [0.25, 0.3) is 5.91 Å². The molecule has 0 bridgehead atoms. The number of thiazole rings is 1. The van der Waals surface area contributed by atoms with E-state index in [-0.39, 0.29) is 12.1 Å². The molecule has 0 radical (unpaired) electrons. The average molecular weight is 443 g/mol. The lowest BCUT2D eigenvalue weighted by molar-refractivity contribution is -0.137. The quantitative estimate of drug-likeness (QED) is 0.405. The zero-order chi connectivity index (χ0) is 22.0. The van der Waals surface area contributed by atoms with Crippen LogP contribution in [0.25, 0.3) is 10.2 Å². The van der Waals surface area contributed by atoms with Crippen molar-refractivity contribution in [2.45, 2.75) is 12.7 Å². The Morgan fingerprint density at radius 2 is 1.94 bits per heavy atom. The molecule has 2 aromatic heterocycles. The molecule has 0 spiro atoms. The average Bonchev–Trinajstić information content (AvgIpc) is 3.21. The molecule has 31 heavy (non-hydrogen) atoms. The largest absolute Gasteiger partial charge is 0.494 e. The fourth-order valence-electron chi connectivity index (χ4n) is 3.08. The lowest BCUT2D eigenvalue weighted by Gasteiger charge is -2.20. The van der Waals surface area contributed by atoms with Crippen LogP contribution in [0.4, 0.5) is 18.3 Å². The monoisotopic (exact) mass is 443 g/mol. The van der Waals surface area contributed by atoms with Crippen molar-refractivity contribution in [3.8, 4) is 5.75 Å². The molecule has 158 valence electrons. The number of pyridine rings is 1. The molecule has 0 atom stereocenters. The highest BCUT2D eigenvalue weighted by Gasteiger charge is 2.32. The Labute approximate surface area is 179 Å². The van der Waals surface area contributed by atoms with Crippen LogP contribution in [0.1, 0.15) is 21.5 Å². The first kappa shape index (κ1) is 20.8. The van der Waals surface area contributed by atoms with E-state index in [2.05, 4.69) is 9.97 Å². The Morgan fingerprint density at radius 3 is 2.65 bits per heavy atom. The first-order valence-electron chi connectivity index (χ1n) is 9.18. The number of carbonyl (C=O) groups excluding carboxylic acids is 1. The van der Waals surface area contributed by atoms with Crippen LogP contribution in [0, 0.1) is 0 Å². The molecule has 4 rings (SSSR count). The molecule has 1 amide bonds. The molecule has 0 aliphatic carbocycles. The van der Waals surface area contributed by atoms with Crippen LogP contribution >= 0.6 is 11.3 Å². The number of amides is 1. The molecule has 4 aromatic rings. The topological polar surface area (TPSA) is 55.3 Å².